The van der Waals surface area contributed by atoms with Crippen molar-refractivity contribution in [3.63, 3.8) is 0 Å². The normalized spacial score (nSPS) is 18.5. The number of carbonyl (C=O) groups is 2. The zero-order valence-corrected chi connectivity index (χ0v) is 14.5. The summed E-state index contributed by atoms with van der Waals surface area (Å²) in [5.74, 6) is 0.249. The molecular formula is C20H23N3O2. The molecule has 0 saturated heterocycles. The molecule has 1 aliphatic rings. The van der Waals surface area contributed by atoms with Crippen LogP contribution >= 0.6 is 0 Å². The predicted molar refractivity (Wildman–Crippen MR) is 99.7 cm³/mol. The van der Waals surface area contributed by atoms with Gasteiger partial charge in [0.05, 0.1) is 0 Å². The third-order valence-electron chi connectivity index (χ3n) is 4.25. The summed E-state index contributed by atoms with van der Waals surface area (Å²) < 4.78 is 0. The molecule has 3 rings (SSSR count). The average Bonchev–Trinajstić information content (AvgIpc) is 3.34. The number of hydrogen-bond donors (Lipinski definition) is 3. The van der Waals surface area contributed by atoms with Gasteiger partial charge in [0.25, 0.3) is 0 Å². The van der Waals surface area contributed by atoms with E-state index in [2.05, 4.69) is 28.1 Å². The summed E-state index contributed by atoms with van der Waals surface area (Å²) in [5, 5.41) is 8.64. The van der Waals surface area contributed by atoms with Crippen molar-refractivity contribution in [1.29, 1.82) is 0 Å². The molecule has 0 spiro atoms. The molecule has 130 valence electrons. The Morgan fingerprint density at radius 1 is 0.960 bits per heavy atom. The molecule has 2 aromatic rings. The van der Waals surface area contributed by atoms with Gasteiger partial charge in [-0.1, -0.05) is 50.2 Å². The minimum atomic E-state index is -0.226. The Labute approximate surface area is 147 Å². The van der Waals surface area contributed by atoms with E-state index in [1.807, 2.05) is 32.0 Å². The summed E-state index contributed by atoms with van der Waals surface area (Å²) in [6.07, 6.45) is 0.960. The van der Waals surface area contributed by atoms with E-state index in [1.54, 1.807) is 24.3 Å². The molecule has 1 fully saturated rings. The second-order valence-electron chi connectivity index (χ2n) is 6.68. The number of benzene rings is 2. The molecule has 0 aliphatic heterocycles. The average molecular weight is 337 g/mol. The van der Waals surface area contributed by atoms with Crippen molar-refractivity contribution < 1.29 is 9.59 Å². The second kappa shape index (κ2) is 7.38. The van der Waals surface area contributed by atoms with Gasteiger partial charge in [-0.3, -0.25) is 4.79 Å². The van der Waals surface area contributed by atoms with Gasteiger partial charge < -0.3 is 16.0 Å². The minimum absolute atomic E-state index is 0.0507. The fraction of sp³-hybridized carbons (Fsp3) is 0.300. The van der Waals surface area contributed by atoms with Crippen LogP contribution in [0.25, 0.3) is 0 Å². The highest BCUT2D eigenvalue weighted by Crippen LogP contribution is 2.40. The molecule has 5 heteroatoms. The van der Waals surface area contributed by atoms with Crippen molar-refractivity contribution in [2.75, 3.05) is 10.6 Å². The lowest BCUT2D eigenvalue weighted by atomic mass is 10.1. The maximum Gasteiger partial charge on any atom is 0.319 e. The Bertz CT molecular complexity index is 759. The number of hydrogen-bond acceptors (Lipinski definition) is 2. The Balaban J connectivity index is 1.53. The van der Waals surface area contributed by atoms with E-state index in [0.717, 1.165) is 6.42 Å². The van der Waals surface area contributed by atoms with Crippen LogP contribution in [-0.4, -0.2) is 18.0 Å². The zero-order chi connectivity index (χ0) is 17.8. The van der Waals surface area contributed by atoms with E-state index in [-0.39, 0.29) is 23.9 Å². The van der Waals surface area contributed by atoms with Crippen LogP contribution in [0, 0.1) is 5.92 Å². The fourth-order valence-electron chi connectivity index (χ4n) is 2.72. The van der Waals surface area contributed by atoms with Crippen molar-refractivity contribution in [1.82, 2.24) is 5.32 Å². The standard InChI is InChI=1S/C20H23N3O2/c1-13(2)19(24)21-15-9-6-10-16(11-15)22-20(25)23-18-12-17(18)14-7-4-3-5-8-14/h3-11,13,17-18H,12H2,1-2H3,(H,21,24)(H2,22,23,25). The quantitative estimate of drug-likeness (QED) is 0.773. The summed E-state index contributed by atoms with van der Waals surface area (Å²) in [7, 11) is 0. The Kier molecular flexibility index (Phi) is 5.03. The zero-order valence-electron chi connectivity index (χ0n) is 14.5. The number of rotatable bonds is 5. The molecule has 2 aromatic carbocycles. The summed E-state index contributed by atoms with van der Waals surface area (Å²) in [4.78, 5) is 23.9. The molecule has 0 heterocycles. The van der Waals surface area contributed by atoms with Crippen LogP contribution in [0.2, 0.25) is 0 Å². The first kappa shape index (κ1) is 17.0. The molecule has 3 amide bonds. The topological polar surface area (TPSA) is 70.2 Å². The van der Waals surface area contributed by atoms with Gasteiger partial charge in [0.15, 0.2) is 0 Å². The maximum atomic E-state index is 12.2. The molecule has 1 aliphatic carbocycles. The Morgan fingerprint density at radius 2 is 1.64 bits per heavy atom. The van der Waals surface area contributed by atoms with Gasteiger partial charge in [0.2, 0.25) is 5.91 Å². The van der Waals surface area contributed by atoms with E-state index < -0.39 is 0 Å². The molecular weight excluding hydrogens is 314 g/mol. The number of amides is 3. The van der Waals surface area contributed by atoms with Gasteiger partial charge in [-0.05, 0) is 30.2 Å². The number of anilines is 2. The summed E-state index contributed by atoms with van der Waals surface area (Å²) >= 11 is 0. The van der Waals surface area contributed by atoms with Crippen LogP contribution in [0.4, 0.5) is 16.2 Å². The Hall–Kier alpha value is -2.82. The number of urea groups is 1. The largest absolute Gasteiger partial charge is 0.334 e. The van der Waals surface area contributed by atoms with Crippen LogP contribution in [-0.2, 0) is 4.79 Å². The van der Waals surface area contributed by atoms with E-state index in [4.69, 9.17) is 0 Å². The van der Waals surface area contributed by atoms with Crippen molar-refractivity contribution >= 4 is 23.3 Å². The number of nitrogens with one attached hydrogen (secondary N) is 3. The fourth-order valence-corrected chi connectivity index (χ4v) is 2.72. The van der Waals surface area contributed by atoms with Gasteiger partial charge in [-0.25, -0.2) is 4.79 Å². The first-order chi connectivity index (χ1) is 12.0. The van der Waals surface area contributed by atoms with Gasteiger partial charge >= 0.3 is 6.03 Å². The van der Waals surface area contributed by atoms with E-state index >= 15 is 0 Å². The van der Waals surface area contributed by atoms with Gasteiger partial charge in [0.1, 0.15) is 0 Å². The molecule has 1 saturated carbocycles. The van der Waals surface area contributed by atoms with Crippen LogP contribution in [0.5, 0.6) is 0 Å². The molecule has 2 atom stereocenters. The molecule has 0 bridgehead atoms. The highest BCUT2D eigenvalue weighted by atomic mass is 16.2. The summed E-state index contributed by atoms with van der Waals surface area (Å²) in [6, 6.07) is 17.3. The third kappa shape index (κ3) is 4.59. The lowest BCUT2D eigenvalue weighted by Crippen LogP contribution is -2.31. The first-order valence-corrected chi connectivity index (χ1v) is 8.56. The van der Waals surface area contributed by atoms with Crippen molar-refractivity contribution in [3.05, 3.63) is 60.2 Å². The maximum absolute atomic E-state index is 12.2. The smallest absolute Gasteiger partial charge is 0.319 e. The highest BCUT2D eigenvalue weighted by Gasteiger charge is 2.39. The molecule has 25 heavy (non-hydrogen) atoms. The van der Waals surface area contributed by atoms with Gasteiger partial charge in [0, 0.05) is 29.3 Å². The van der Waals surface area contributed by atoms with Crippen LogP contribution in [0.1, 0.15) is 31.7 Å². The molecule has 5 nitrogen and oxygen atoms in total. The SMILES string of the molecule is CC(C)C(=O)Nc1cccc(NC(=O)NC2CC2c2ccccc2)c1. The van der Waals surface area contributed by atoms with Crippen LogP contribution in [0.3, 0.4) is 0 Å². The lowest BCUT2D eigenvalue weighted by molar-refractivity contribution is -0.118. The predicted octanol–water partition coefficient (Wildman–Crippen LogP) is 3.96. The highest BCUT2D eigenvalue weighted by molar-refractivity contribution is 5.94. The second-order valence-corrected chi connectivity index (χ2v) is 6.68. The van der Waals surface area contributed by atoms with Crippen molar-refractivity contribution in [3.8, 4) is 0 Å². The molecule has 2 unspecified atom stereocenters. The molecule has 3 N–H and O–H groups in total. The van der Waals surface area contributed by atoms with E-state index in [0.29, 0.717) is 17.3 Å². The van der Waals surface area contributed by atoms with Crippen molar-refractivity contribution in [2.24, 2.45) is 5.92 Å². The van der Waals surface area contributed by atoms with Crippen LogP contribution in [0.15, 0.2) is 54.6 Å². The summed E-state index contributed by atoms with van der Waals surface area (Å²) in [6.45, 7) is 3.67. The monoisotopic (exact) mass is 337 g/mol. The number of carbonyl (C=O) groups excluding carboxylic acids is 2. The van der Waals surface area contributed by atoms with E-state index in [9.17, 15) is 9.59 Å². The third-order valence-corrected chi connectivity index (χ3v) is 4.25. The Morgan fingerprint density at radius 3 is 2.32 bits per heavy atom. The first-order valence-electron chi connectivity index (χ1n) is 8.56. The van der Waals surface area contributed by atoms with Crippen molar-refractivity contribution in [2.45, 2.75) is 32.2 Å². The minimum Gasteiger partial charge on any atom is -0.334 e. The van der Waals surface area contributed by atoms with Gasteiger partial charge in [-0.2, -0.15) is 0 Å². The molecule has 0 radical (unpaired) electrons. The lowest BCUT2D eigenvalue weighted by Gasteiger charge is -2.11. The summed E-state index contributed by atoms with van der Waals surface area (Å²) in [5.41, 5.74) is 2.58. The van der Waals surface area contributed by atoms with Gasteiger partial charge in [-0.15, -0.1) is 0 Å². The van der Waals surface area contributed by atoms with Crippen LogP contribution < -0.4 is 16.0 Å². The molecule has 0 aromatic heterocycles. The van der Waals surface area contributed by atoms with E-state index in [1.165, 1.54) is 5.56 Å².